The van der Waals surface area contributed by atoms with Crippen LogP contribution in [0, 0.1) is 0 Å². The van der Waals surface area contributed by atoms with E-state index in [9.17, 15) is 9.90 Å². The van der Waals surface area contributed by atoms with Crippen LogP contribution in [0.1, 0.15) is 32.4 Å². The monoisotopic (exact) mass is 262 g/mol. The molecule has 0 aromatic heterocycles. The van der Waals surface area contributed by atoms with E-state index in [1.54, 1.807) is 24.3 Å². The smallest absolute Gasteiger partial charge is 0.408 e. The summed E-state index contributed by atoms with van der Waals surface area (Å²) in [4.78, 5) is 13.0. The molecule has 19 heavy (non-hydrogen) atoms. The number of anilines is 1. The number of nitrogens with two attached hydrogens (primary N) is 1. The van der Waals surface area contributed by atoms with Gasteiger partial charge in [-0.25, -0.2) is 4.79 Å². The van der Waals surface area contributed by atoms with Crippen molar-refractivity contribution >= 4 is 11.8 Å². The number of fused-ring (bicyclic) bond motifs is 1. The average molecular weight is 262 g/mol. The van der Waals surface area contributed by atoms with Crippen molar-refractivity contribution in [2.45, 2.75) is 32.4 Å². The molecule has 2 rings (SSSR count). The van der Waals surface area contributed by atoms with Crippen LogP contribution in [0.5, 0.6) is 5.75 Å². The largest absolute Gasteiger partial charge is 0.465 e. The molecule has 1 amide bonds. The summed E-state index contributed by atoms with van der Waals surface area (Å²) in [7, 11) is 0. The van der Waals surface area contributed by atoms with Crippen LogP contribution < -0.4 is 10.5 Å². The van der Waals surface area contributed by atoms with Crippen LogP contribution in [-0.4, -0.2) is 21.6 Å². The fraction of sp³-hybridized carbons (Fsp3) is 0.357. The summed E-state index contributed by atoms with van der Waals surface area (Å²) >= 11 is 0. The molecule has 1 aromatic carbocycles. The predicted octanol–water partition coefficient (Wildman–Crippen LogP) is 2.99. The summed E-state index contributed by atoms with van der Waals surface area (Å²) in [5, 5.41) is 9.48. The standard InChI is InChI=1S/C14H18N2O3/c1-14(2,3)16(13(17)18)11-6-7-19-12-5-4-9(15)8-10(11)12/h4-8,11H,15H2,1-3H3,(H,17,18). The second-order valence-corrected chi connectivity index (χ2v) is 5.51. The molecule has 0 bridgehead atoms. The Kier molecular flexibility index (Phi) is 3.14. The van der Waals surface area contributed by atoms with Crippen molar-refractivity contribution in [2.75, 3.05) is 5.73 Å². The first-order valence-corrected chi connectivity index (χ1v) is 6.06. The lowest BCUT2D eigenvalue weighted by molar-refractivity contribution is 0.0808. The zero-order valence-electron chi connectivity index (χ0n) is 11.3. The van der Waals surface area contributed by atoms with E-state index in [2.05, 4.69) is 0 Å². The maximum atomic E-state index is 11.6. The molecule has 0 fully saturated rings. The van der Waals surface area contributed by atoms with Crippen molar-refractivity contribution in [1.82, 2.24) is 4.90 Å². The Morgan fingerprint density at radius 3 is 2.68 bits per heavy atom. The Labute approximate surface area is 112 Å². The van der Waals surface area contributed by atoms with Crippen molar-refractivity contribution in [2.24, 2.45) is 0 Å². The van der Waals surface area contributed by atoms with Gasteiger partial charge in [-0.15, -0.1) is 0 Å². The molecule has 5 nitrogen and oxygen atoms in total. The van der Waals surface area contributed by atoms with Crippen molar-refractivity contribution in [3.05, 3.63) is 36.1 Å². The number of carbonyl (C=O) groups is 1. The Bertz CT molecular complexity index is 532. The van der Waals surface area contributed by atoms with E-state index in [-0.39, 0.29) is 0 Å². The van der Waals surface area contributed by atoms with Gasteiger partial charge in [0.05, 0.1) is 12.3 Å². The molecule has 102 valence electrons. The molecule has 0 saturated carbocycles. The maximum absolute atomic E-state index is 11.6. The van der Waals surface area contributed by atoms with Crippen LogP contribution in [0.15, 0.2) is 30.5 Å². The Hall–Kier alpha value is -2.17. The van der Waals surface area contributed by atoms with E-state index in [1.807, 2.05) is 20.8 Å². The normalized spacial score (nSPS) is 17.5. The van der Waals surface area contributed by atoms with Crippen LogP contribution in [0.4, 0.5) is 10.5 Å². The van der Waals surface area contributed by atoms with Crippen LogP contribution in [0.3, 0.4) is 0 Å². The minimum Gasteiger partial charge on any atom is -0.465 e. The summed E-state index contributed by atoms with van der Waals surface area (Å²) in [5.41, 5.74) is 6.60. The van der Waals surface area contributed by atoms with Crippen molar-refractivity contribution in [3.8, 4) is 5.75 Å². The van der Waals surface area contributed by atoms with E-state index < -0.39 is 17.7 Å². The van der Waals surface area contributed by atoms with Gasteiger partial charge in [0.1, 0.15) is 5.75 Å². The molecule has 5 heteroatoms. The van der Waals surface area contributed by atoms with Crippen LogP contribution in [0.2, 0.25) is 0 Å². The Morgan fingerprint density at radius 2 is 2.11 bits per heavy atom. The molecule has 0 spiro atoms. The highest BCUT2D eigenvalue weighted by molar-refractivity contribution is 5.68. The molecule has 1 aromatic rings. The number of hydrogen-bond acceptors (Lipinski definition) is 3. The molecule has 0 saturated heterocycles. The quantitative estimate of drug-likeness (QED) is 0.763. The highest BCUT2D eigenvalue weighted by atomic mass is 16.5. The molecular weight excluding hydrogens is 244 g/mol. The summed E-state index contributed by atoms with van der Waals surface area (Å²) in [5.74, 6) is 0.636. The third-order valence-corrected chi connectivity index (χ3v) is 3.02. The van der Waals surface area contributed by atoms with E-state index in [4.69, 9.17) is 10.5 Å². The molecule has 1 aliphatic heterocycles. The van der Waals surface area contributed by atoms with Gasteiger partial charge in [-0.2, -0.15) is 0 Å². The molecule has 1 aliphatic rings. The fourth-order valence-electron chi connectivity index (χ4n) is 2.24. The first-order valence-electron chi connectivity index (χ1n) is 6.06. The summed E-state index contributed by atoms with van der Waals surface area (Å²) in [6, 6.07) is 4.84. The van der Waals surface area contributed by atoms with Crippen LogP contribution >= 0.6 is 0 Å². The first kappa shape index (κ1) is 13.3. The third-order valence-electron chi connectivity index (χ3n) is 3.02. The van der Waals surface area contributed by atoms with E-state index in [0.29, 0.717) is 11.4 Å². The second-order valence-electron chi connectivity index (χ2n) is 5.51. The molecule has 1 atom stereocenters. The lowest BCUT2D eigenvalue weighted by Gasteiger charge is -2.39. The molecule has 1 unspecified atom stereocenters. The number of amides is 1. The van der Waals surface area contributed by atoms with Crippen LogP contribution in [0.25, 0.3) is 0 Å². The highest BCUT2D eigenvalue weighted by Crippen LogP contribution is 2.38. The van der Waals surface area contributed by atoms with Gasteiger partial charge in [0.25, 0.3) is 0 Å². The van der Waals surface area contributed by atoms with E-state index in [1.165, 1.54) is 11.2 Å². The number of nitrogens with zero attached hydrogens (tertiary/aromatic N) is 1. The minimum absolute atomic E-state index is 0.398. The molecule has 0 radical (unpaired) electrons. The van der Waals surface area contributed by atoms with Crippen LogP contribution in [-0.2, 0) is 0 Å². The van der Waals surface area contributed by atoms with Gasteiger partial charge in [0.2, 0.25) is 0 Å². The zero-order chi connectivity index (χ0) is 14.2. The van der Waals surface area contributed by atoms with Gasteiger partial charge in [0, 0.05) is 16.8 Å². The topological polar surface area (TPSA) is 75.8 Å². The molecule has 1 heterocycles. The summed E-state index contributed by atoms with van der Waals surface area (Å²) in [6.45, 7) is 5.57. The van der Waals surface area contributed by atoms with E-state index >= 15 is 0 Å². The second kappa shape index (κ2) is 4.50. The van der Waals surface area contributed by atoms with E-state index in [0.717, 1.165) is 5.56 Å². The first-order chi connectivity index (χ1) is 8.80. The number of hydrogen-bond donors (Lipinski definition) is 2. The Balaban J connectivity index is 2.50. The lowest BCUT2D eigenvalue weighted by Crippen LogP contribution is -2.47. The fourth-order valence-corrected chi connectivity index (χ4v) is 2.24. The number of carboxylic acid groups (broad SMARTS) is 1. The summed E-state index contributed by atoms with van der Waals surface area (Å²) in [6.07, 6.45) is 2.27. The predicted molar refractivity (Wildman–Crippen MR) is 73.0 cm³/mol. The molecular formula is C14H18N2O3. The van der Waals surface area contributed by atoms with Gasteiger partial charge in [-0.3, -0.25) is 4.90 Å². The number of benzene rings is 1. The highest BCUT2D eigenvalue weighted by Gasteiger charge is 2.35. The average Bonchev–Trinajstić information content (AvgIpc) is 2.27. The van der Waals surface area contributed by atoms with Gasteiger partial charge in [-0.1, -0.05) is 0 Å². The molecule has 0 aliphatic carbocycles. The zero-order valence-corrected chi connectivity index (χ0v) is 11.3. The number of ether oxygens (including phenoxy) is 1. The number of nitrogen functional groups attached to an aromatic ring is 1. The van der Waals surface area contributed by atoms with Gasteiger partial charge >= 0.3 is 6.09 Å². The van der Waals surface area contributed by atoms with Crippen molar-refractivity contribution in [1.29, 1.82) is 0 Å². The summed E-state index contributed by atoms with van der Waals surface area (Å²) < 4.78 is 5.40. The number of rotatable bonds is 1. The SMILES string of the molecule is CC(C)(C)N(C(=O)O)C1C=COc2ccc(N)cc21. The van der Waals surface area contributed by atoms with Gasteiger partial charge < -0.3 is 15.6 Å². The third kappa shape index (κ3) is 2.50. The lowest BCUT2D eigenvalue weighted by atomic mass is 9.96. The maximum Gasteiger partial charge on any atom is 0.408 e. The Morgan fingerprint density at radius 1 is 1.42 bits per heavy atom. The molecule has 3 N–H and O–H groups in total. The van der Waals surface area contributed by atoms with Gasteiger partial charge in [0.15, 0.2) is 0 Å². The van der Waals surface area contributed by atoms with Crippen molar-refractivity contribution < 1.29 is 14.6 Å². The minimum atomic E-state index is -0.975. The van der Waals surface area contributed by atoms with Crippen molar-refractivity contribution in [3.63, 3.8) is 0 Å². The van der Waals surface area contributed by atoms with Gasteiger partial charge in [-0.05, 0) is 45.0 Å².